The van der Waals surface area contributed by atoms with Gasteiger partial charge in [0.1, 0.15) is 11.9 Å². The number of hydrogen-bond acceptors (Lipinski definition) is 3. The predicted molar refractivity (Wildman–Crippen MR) is 74.4 cm³/mol. The van der Waals surface area contributed by atoms with Gasteiger partial charge in [-0.1, -0.05) is 0 Å². The molecule has 6 nitrogen and oxygen atoms in total. The van der Waals surface area contributed by atoms with Gasteiger partial charge < -0.3 is 20.6 Å². The highest BCUT2D eigenvalue weighted by molar-refractivity contribution is 7.71. The van der Waals surface area contributed by atoms with Crippen LogP contribution in [0.1, 0.15) is 17.3 Å². The van der Waals surface area contributed by atoms with E-state index >= 15 is 0 Å². The lowest BCUT2D eigenvalue weighted by Crippen LogP contribution is -2.43. The second-order valence-electron chi connectivity index (χ2n) is 4.26. The van der Waals surface area contributed by atoms with Gasteiger partial charge in [0.15, 0.2) is 4.77 Å². The standard InChI is InChI=1S/C12H13FN4O2S/c1-5(10(18)14-2)15-11(19)7-3-6(13)4-8-9(7)17-12(20)16-8/h3-5H,1-2H3,(H,14,18)(H,15,19)(H2,16,17,20)/t5-/m0/s1. The molecule has 106 valence electrons. The van der Waals surface area contributed by atoms with E-state index < -0.39 is 17.8 Å². The van der Waals surface area contributed by atoms with Crippen LogP contribution in [0, 0.1) is 10.6 Å². The molecular formula is C12H13FN4O2S. The molecule has 1 heterocycles. The maximum atomic E-state index is 13.5. The Morgan fingerprint density at radius 3 is 2.70 bits per heavy atom. The van der Waals surface area contributed by atoms with E-state index in [-0.39, 0.29) is 11.5 Å². The van der Waals surface area contributed by atoms with Gasteiger partial charge in [-0.3, -0.25) is 9.59 Å². The lowest BCUT2D eigenvalue weighted by molar-refractivity contribution is -0.122. The molecule has 0 aliphatic heterocycles. The zero-order valence-corrected chi connectivity index (χ0v) is 11.7. The summed E-state index contributed by atoms with van der Waals surface area (Å²) < 4.78 is 13.8. The molecule has 0 aliphatic carbocycles. The Balaban J connectivity index is 2.39. The van der Waals surface area contributed by atoms with Gasteiger partial charge in [0.2, 0.25) is 5.91 Å². The second-order valence-corrected chi connectivity index (χ2v) is 4.67. The number of amides is 2. The predicted octanol–water partition coefficient (Wildman–Crippen LogP) is 1.23. The average Bonchev–Trinajstić information content (AvgIpc) is 2.76. The average molecular weight is 296 g/mol. The Morgan fingerprint density at radius 1 is 1.35 bits per heavy atom. The summed E-state index contributed by atoms with van der Waals surface area (Å²) in [5, 5.41) is 4.91. The fourth-order valence-corrected chi connectivity index (χ4v) is 2.05. The number of H-pyrrole nitrogens is 2. The first kappa shape index (κ1) is 14.2. The number of carbonyl (C=O) groups excluding carboxylic acids is 2. The summed E-state index contributed by atoms with van der Waals surface area (Å²) in [6.07, 6.45) is 0. The summed E-state index contributed by atoms with van der Waals surface area (Å²) >= 11 is 4.92. The molecule has 2 amide bonds. The van der Waals surface area contributed by atoms with Gasteiger partial charge in [-0.15, -0.1) is 0 Å². The summed E-state index contributed by atoms with van der Waals surface area (Å²) in [6.45, 7) is 1.53. The van der Waals surface area contributed by atoms with Crippen LogP contribution in [0.2, 0.25) is 0 Å². The van der Waals surface area contributed by atoms with Crippen molar-refractivity contribution in [2.45, 2.75) is 13.0 Å². The van der Waals surface area contributed by atoms with Crippen molar-refractivity contribution < 1.29 is 14.0 Å². The number of nitrogens with one attached hydrogen (secondary N) is 4. The first-order valence-corrected chi connectivity index (χ1v) is 6.27. The smallest absolute Gasteiger partial charge is 0.254 e. The van der Waals surface area contributed by atoms with Crippen LogP contribution in [-0.4, -0.2) is 34.9 Å². The van der Waals surface area contributed by atoms with Crippen molar-refractivity contribution in [3.8, 4) is 0 Å². The topological polar surface area (TPSA) is 89.8 Å². The van der Waals surface area contributed by atoms with Crippen molar-refractivity contribution in [3.63, 3.8) is 0 Å². The van der Waals surface area contributed by atoms with Crippen LogP contribution < -0.4 is 10.6 Å². The van der Waals surface area contributed by atoms with Crippen molar-refractivity contribution in [1.29, 1.82) is 0 Å². The van der Waals surface area contributed by atoms with Crippen LogP contribution in [-0.2, 0) is 4.79 Å². The van der Waals surface area contributed by atoms with Gasteiger partial charge in [0, 0.05) is 7.05 Å². The van der Waals surface area contributed by atoms with E-state index in [1.807, 2.05) is 0 Å². The number of aromatic amines is 2. The normalized spacial score (nSPS) is 12.2. The van der Waals surface area contributed by atoms with E-state index in [4.69, 9.17) is 12.2 Å². The quantitative estimate of drug-likeness (QED) is 0.642. The number of carbonyl (C=O) groups is 2. The highest BCUT2D eigenvalue weighted by Gasteiger charge is 2.18. The highest BCUT2D eigenvalue weighted by Crippen LogP contribution is 2.18. The number of fused-ring (bicyclic) bond motifs is 1. The maximum absolute atomic E-state index is 13.5. The third-order valence-electron chi connectivity index (χ3n) is 2.82. The van der Waals surface area contributed by atoms with Crippen LogP contribution in [0.5, 0.6) is 0 Å². The van der Waals surface area contributed by atoms with E-state index in [1.54, 1.807) is 0 Å². The molecule has 0 bridgehead atoms. The molecule has 4 N–H and O–H groups in total. The number of aromatic nitrogens is 2. The third-order valence-corrected chi connectivity index (χ3v) is 3.03. The van der Waals surface area contributed by atoms with Gasteiger partial charge >= 0.3 is 0 Å². The molecule has 1 aromatic carbocycles. The summed E-state index contributed by atoms with van der Waals surface area (Å²) in [5.74, 6) is -1.47. The van der Waals surface area contributed by atoms with Crippen molar-refractivity contribution in [2.75, 3.05) is 7.05 Å². The molecule has 0 aliphatic rings. The van der Waals surface area contributed by atoms with Crippen molar-refractivity contribution in [3.05, 3.63) is 28.3 Å². The van der Waals surface area contributed by atoms with Gasteiger partial charge in [-0.2, -0.15) is 0 Å². The lowest BCUT2D eigenvalue weighted by Gasteiger charge is -2.12. The van der Waals surface area contributed by atoms with E-state index in [0.29, 0.717) is 15.8 Å². The number of hydrogen-bond donors (Lipinski definition) is 4. The molecule has 1 aromatic heterocycles. The Morgan fingerprint density at radius 2 is 2.05 bits per heavy atom. The van der Waals surface area contributed by atoms with E-state index in [0.717, 1.165) is 6.07 Å². The number of likely N-dealkylation sites (N-methyl/N-ethyl adjacent to an activating group) is 1. The molecule has 0 saturated heterocycles. The monoisotopic (exact) mass is 296 g/mol. The SMILES string of the molecule is CNC(=O)[C@H](C)NC(=O)c1cc(F)cc2[nH]c(=S)[nH]c12. The summed E-state index contributed by atoms with van der Waals surface area (Å²) in [4.78, 5) is 29.0. The summed E-state index contributed by atoms with van der Waals surface area (Å²) in [5.41, 5.74) is 0.883. The van der Waals surface area contributed by atoms with Gasteiger partial charge in [0.05, 0.1) is 16.6 Å². The zero-order valence-electron chi connectivity index (χ0n) is 10.8. The minimum atomic E-state index is -0.729. The fraction of sp³-hybridized carbons (Fsp3) is 0.250. The zero-order chi connectivity index (χ0) is 14.9. The first-order valence-electron chi connectivity index (χ1n) is 5.86. The van der Waals surface area contributed by atoms with Crippen molar-refractivity contribution in [1.82, 2.24) is 20.6 Å². The molecule has 2 rings (SSSR count). The molecule has 8 heteroatoms. The minimum absolute atomic E-state index is 0.0862. The molecule has 0 radical (unpaired) electrons. The number of benzene rings is 1. The Kier molecular flexibility index (Phi) is 3.84. The molecule has 0 fully saturated rings. The first-order chi connectivity index (χ1) is 9.42. The molecule has 1 atom stereocenters. The lowest BCUT2D eigenvalue weighted by atomic mass is 10.1. The number of imidazole rings is 1. The van der Waals surface area contributed by atoms with Crippen molar-refractivity contribution in [2.24, 2.45) is 0 Å². The van der Waals surface area contributed by atoms with Crippen LogP contribution in [0.4, 0.5) is 4.39 Å². The Labute approximate surface area is 118 Å². The van der Waals surface area contributed by atoms with Crippen LogP contribution in [0.15, 0.2) is 12.1 Å². The maximum Gasteiger partial charge on any atom is 0.254 e. The summed E-state index contributed by atoms with van der Waals surface area (Å²) in [6, 6.07) is 1.60. The highest BCUT2D eigenvalue weighted by atomic mass is 32.1. The van der Waals surface area contributed by atoms with Gasteiger partial charge in [0.25, 0.3) is 5.91 Å². The molecule has 2 aromatic rings. The molecule has 20 heavy (non-hydrogen) atoms. The number of halogens is 1. The van der Waals surface area contributed by atoms with Gasteiger partial charge in [-0.05, 0) is 31.3 Å². The Bertz CT molecular complexity index is 737. The van der Waals surface area contributed by atoms with E-state index in [2.05, 4.69) is 20.6 Å². The molecule has 0 unspecified atom stereocenters. The van der Waals surface area contributed by atoms with Crippen molar-refractivity contribution >= 4 is 35.1 Å². The fourth-order valence-electron chi connectivity index (χ4n) is 1.84. The van der Waals surface area contributed by atoms with Gasteiger partial charge in [-0.25, -0.2) is 4.39 Å². The van der Waals surface area contributed by atoms with E-state index in [1.165, 1.54) is 20.0 Å². The molecule has 0 saturated carbocycles. The second kappa shape index (κ2) is 5.41. The largest absolute Gasteiger partial charge is 0.357 e. The van der Waals surface area contributed by atoms with Crippen LogP contribution >= 0.6 is 12.2 Å². The third kappa shape index (κ3) is 2.69. The summed E-state index contributed by atoms with van der Waals surface area (Å²) in [7, 11) is 1.47. The van der Waals surface area contributed by atoms with Crippen LogP contribution in [0.3, 0.4) is 0 Å². The Hall–Kier alpha value is -2.22. The molecule has 0 spiro atoms. The minimum Gasteiger partial charge on any atom is -0.357 e. The number of rotatable bonds is 3. The van der Waals surface area contributed by atoms with Crippen LogP contribution in [0.25, 0.3) is 11.0 Å². The van der Waals surface area contributed by atoms with E-state index in [9.17, 15) is 14.0 Å². The molecular weight excluding hydrogens is 283 g/mol.